The van der Waals surface area contributed by atoms with E-state index in [1.165, 1.54) is 19.9 Å². The number of carboxylic acid groups (broad SMARTS) is 1. The number of esters is 1. The number of nitrogens with zero attached hydrogens (tertiary/aromatic N) is 1. The molecule has 1 heterocycles. The highest BCUT2D eigenvalue weighted by Crippen LogP contribution is 2.44. The molecule has 27 heavy (non-hydrogen) atoms. The van der Waals surface area contributed by atoms with Crippen LogP contribution in [-0.2, 0) is 20.5 Å². The zero-order chi connectivity index (χ0) is 20.4. The number of rotatable bonds is 4. The lowest BCUT2D eigenvalue weighted by Gasteiger charge is -2.30. The number of alkyl halides is 3. The Kier molecular flexibility index (Phi) is 5.59. The Morgan fingerprint density at radius 2 is 1.93 bits per heavy atom. The molecule has 2 rings (SSSR count). The van der Waals surface area contributed by atoms with Crippen molar-refractivity contribution in [3.05, 3.63) is 57.9 Å². The number of nitriles is 1. The third-order valence-corrected chi connectivity index (χ3v) is 3.98. The highest BCUT2D eigenvalue weighted by molar-refractivity contribution is 6.00. The fourth-order valence-electron chi connectivity index (χ4n) is 2.95. The molecule has 6 nitrogen and oxygen atoms in total. The van der Waals surface area contributed by atoms with E-state index in [0.717, 1.165) is 18.2 Å². The number of benzene rings is 1. The van der Waals surface area contributed by atoms with E-state index in [9.17, 15) is 33.1 Å². The van der Waals surface area contributed by atoms with Crippen LogP contribution < -0.4 is 5.32 Å². The second-order valence-corrected chi connectivity index (χ2v) is 5.61. The Hall–Kier alpha value is -3.28. The van der Waals surface area contributed by atoms with E-state index < -0.39 is 46.3 Å². The van der Waals surface area contributed by atoms with Gasteiger partial charge in [-0.15, -0.1) is 0 Å². The molecule has 1 aromatic rings. The van der Waals surface area contributed by atoms with E-state index in [1.54, 1.807) is 6.07 Å². The minimum absolute atomic E-state index is 0.0333. The van der Waals surface area contributed by atoms with Crippen LogP contribution in [0.4, 0.5) is 13.2 Å². The standard InChI is InChI=1S/C18H15F3N2O4/c1-3-27-17(26)15-12(8-22)23-9(2)13(16(24)25)14(15)10-6-4-5-7-11(10)18(19,20)21/h4-7,14,23H,3H2,1-2H3,(H,24,25). The van der Waals surface area contributed by atoms with Gasteiger partial charge in [-0.1, -0.05) is 18.2 Å². The number of carbonyl (C=O) groups is 2. The van der Waals surface area contributed by atoms with Gasteiger partial charge >= 0.3 is 18.1 Å². The maximum atomic E-state index is 13.5. The lowest BCUT2D eigenvalue weighted by molar-refractivity contribution is -0.141. The predicted molar refractivity (Wildman–Crippen MR) is 86.9 cm³/mol. The first kappa shape index (κ1) is 20.0. The number of allylic oxidation sites excluding steroid dienone is 2. The average molecular weight is 380 g/mol. The van der Waals surface area contributed by atoms with Crippen LogP contribution in [0, 0.1) is 11.3 Å². The third kappa shape index (κ3) is 3.79. The van der Waals surface area contributed by atoms with Crippen LogP contribution in [-0.4, -0.2) is 23.7 Å². The number of hydrogen-bond acceptors (Lipinski definition) is 5. The van der Waals surface area contributed by atoms with Gasteiger partial charge in [0.25, 0.3) is 0 Å². The van der Waals surface area contributed by atoms with Gasteiger partial charge in [0.15, 0.2) is 0 Å². The van der Waals surface area contributed by atoms with Crippen molar-refractivity contribution in [2.24, 2.45) is 0 Å². The van der Waals surface area contributed by atoms with Crippen LogP contribution in [0.2, 0.25) is 0 Å². The minimum Gasteiger partial charge on any atom is -0.478 e. The Labute approximate surface area is 152 Å². The molecule has 1 unspecified atom stereocenters. The summed E-state index contributed by atoms with van der Waals surface area (Å²) in [6.07, 6.45) is -4.79. The molecule has 0 aromatic heterocycles. The summed E-state index contributed by atoms with van der Waals surface area (Å²) in [5, 5.41) is 21.4. The molecule has 0 radical (unpaired) electrons. The Morgan fingerprint density at radius 1 is 1.30 bits per heavy atom. The van der Waals surface area contributed by atoms with Crippen LogP contribution in [0.3, 0.4) is 0 Å². The van der Waals surface area contributed by atoms with Crippen LogP contribution in [0.5, 0.6) is 0 Å². The number of carbonyl (C=O) groups excluding carboxylic acids is 1. The van der Waals surface area contributed by atoms with E-state index in [0.29, 0.717) is 0 Å². The van der Waals surface area contributed by atoms with Crippen LogP contribution in [0.25, 0.3) is 0 Å². The summed E-state index contributed by atoms with van der Waals surface area (Å²) >= 11 is 0. The summed E-state index contributed by atoms with van der Waals surface area (Å²) in [5.74, 6) is -4.19. The van der Waals surface area contributed by atoms with E-state index >= 15 is 0 Å². The monoisotopic (exact) mass is 380 g/mol. The smallest absolute Gasteiger partial charge is 0.416 e. The maximum absolute atomic E-state index is 13.5. The predicted octanol–water partition coefficient (Wildman–Crippen LogP) is 3.09. The van der Waals surface area contributed by atoms with Crippen LogP contribution in [0.15, 0.2) is 46.8 Å². The van der Waals surface area contributed by atoms with Gasteiger partial charge in [-0.05, 0) is 25.5 Å². The van der Waals surface area contributed by atoms with Gasteiger partial charge in [-0.25, -0.2) is 9.59 Å². The van der Waals surface area contributed by atoms with Gasteiger partial charge in [-0.2, -0.15) is 18.4 Å². The second-order valence-electron chi connectivity index (χ2n) is 5.61. The molecule has 0 saturated heterocycles. The lowest BCUT2D eigenvalue weighted by Crippen LogP contribution is -2.33. The first-order valence-corrected chi connectivity index (χ1v) is 7.82. The van der Waals surface area contributed by atoms with E-state index in [4.69, 9.17) is 4.74 Å². The number of aliphatic carboxylic acids is 1. The molecule has 142 valence electrons. The average Bonchev–Trinajstić information content (AvgIpc) is 2.59. The van der Waals surface area contributed by atoms with Gasteiger partial charge in [0.2, 0.25) is 0 Å². The summed E-state index contributed by atoms with van der Waals surface area (Å²) in [7, 11) is 0. The molecule has 1 aliphatic rings. The molecule has 9 heteroatoms. The fourth-order valence-corrected chi connectivity index (χ4v) is 2.95. The van der Waals surface area contributed by atoms with E-state index in [-0.39, 0.29) is 18.0 Å². The van der Waals surface area contributed by atoms with Crippen molar-refractivity contribution in [1.29, 1.82) is 5.26 Å². The normalized spacial score (nSPS) is 17.3. The van der Waals surface area contributed by atoms with Crippen molar-refractivity contribution in [1.82, 2.24) is 5.32 Å². The molecule has 1 aromatic carbocycles. The molecule has 1 atom stereocenters. The van der Waals surface area contributed by atoms with E-state index in [2.05, 4.69) is 5.32 Å². The maximum Gasteiger partial charge on any atom is 0.416 e. The molecule has 0 bridgehead atoms. The molecule has 0 aliphatic carbocycles. The summed E-state index contributed by atoms with van der Waals surface area (Å²) in [6.45, 7) is 2.70. The Morgan fingerprint density at radius 3 is 2.44 bits per heavy atom. The quantitative estimate of drug-likeness (QED) is 0.779. The molecule has 0 fully saturated rings. The third-order valence-electron chi connectivity index (χ3n) is 3.98. The fraction of sp³-hybridized carbons (Fsp3) is 0.278. The first-order valence-electron chi connectivity index (χ1n) is 7.82. The molecule has 0 amide bonds. The van der Waals surface area contributed by atoms with Crippen LogP contribution >= 0.6 is 0 Å². The summed E-state index contributed by atoms with van der Waals surface area (Å²) < 4.78 is 45.4. The van der Waals surface area contributed by atoms with Crippen molar-refractivity contribution in [2.45, 2.75) is 25.9 Å². The zero-order valence-corrected chi connectivity index (χ0v) is 14.3. The van der Waals surface area contributed by atoms with Gasteiger partial charge in [0.1, 0.15) is 11.8 Å². The summed E-state index contributed by atoms with van der Waals surface area (Å²) in [5.41, 5.74) is -2.86. The number of hydrogen-bond donors (Lipinski definition) is 2. The molecule has 0 saturated carbocycles. The zero-order valence-electron chi connectivity index (χ0n) is 14.3. The Balaban J connectivity index is 2.86. The highest BCUT2D eigenvalue weighted by atomic mass is 19.4. The van der Waals surface area contributed by atoms with Gasteiger partial charge in [-0.3, -0.25) is 0 Å². The Bertz CT molecular complexity index is 895. The first-order chi connectivity index (χ1) is 12.6. The lowest BCUT2D eigenvalue weighted by atomic mass is 9.78. The molecule has 1 aliphatic heterocycles. The highest BCUT2D eigenvalue weighted by Gasteiger charge is 2.43. The number of dihydropyridines is 1. The minimum atomic E-state index is -4.79. The second kappa shape index (κ2) is 7.53. The molecular weight excluding hydrogens is 365 g/mol. The van der Waals surface area contributed by atoms with Crippen molar-refractivity contribution in [3.63, 3.8) is 0 Å². The largest absolute Gasteiger partial charge is 0.478 e. The van der Waals surface area contributed by atoms with E-state index in [1.807, 2.05) is 0 Å². The van der Waals surface area contributed by atoms with Crippen molar-refractivity contribution >= 4 is 11.9 Å². The van der Waals surface area contributed by atoms with Crippen molar-refractivity contribution in [2.75, 3.05) is 6.61 Å². The number of halogens is 3. The van der Waals surface area contributed by atoms with Gasteiger partial charge in [0.05, 0.1) is 29.2 Å². The van der Waals surface area contributed by atoms with Crippen LogP contribution in [0.1, 0.15) is 30.9 Å². The molecule has 2 N–H and O–H groups in total. The van der Waals surface area contributed by atoms with Crippen molar-refractivity contribution < 1.29 is 32.6 Å². The number of ether oxygens (including phenoxy) is 1. The molecule has 0 spiro atoms. The number of nitrogens with one attached hydrogen (secondary N) is 1. The number of carboxylic acids is 1. The molecular formula is C18H15F3N2O4. The summed E-state index contributed by atoms with van der Waals surface area (Å²) in [4.78, 5) is 24.2. The topological polar surface area (TPSA) is 99.4 Å². The SMILES string of the molecule is CCOC(=O)C1=C(C#N)NC(C)=C(C(=O)O)C1c1ccccc1C(F)(F)F. The van der Waals surface area contributed by atoms with Crippen molar-refractivity contribution in [3.8, 4) is 6.07 Å². The summed E-state index contributed by atoms with van der Waals surface area (Å²) in [6, 6.07) is 6.04. The van der Waals surface area contributed by atoms with Gasteiger partial charge < -0.3 is 15.2 Å². The van der Waals surface area contributed by atoms with Gasteiger partial charge in [0, 0.05) is 5.70 Å².